The summed E-state index contributed by atoms with van der Waals surface area (Å²) in [6.45, 7) is 8.40. The minimum atomic E-state index is -0.476. The Bertz CT molecular complexity index is 522. The Labute approximate surface area is 137 Å². The van der Waals surface area contributed by atoms with Crippen molar-refractivity contribution in [2.45, 2.75) is 32.8 Å². The van der Waals surface area contributed by atoms with Gasteiger partial charge < -0.3 is 20.3 Å². The van der Waals surface area contributed by atoms with E-state index in [9.17, 15) is 4.79 Å². The third-order valence-corrected chi connectivity index (χ3v) is 3.79. The topological polar surface area (TPSA) is 58.8 Å². The van der Waals surface area contributed by atoms with Crippen molar-refractivity contribution in [1.29, 1.82) is 0 Å². The summed E-state index contributed by atoms with van der Waals surface area (Å²) in [5.74, 6) is 0. The molecule has 1 fully saturated rings. The molecule has 2 N–H and O–H groups in total. The van der Waals surface area contributed by atoms with Crippen LogP contribution in [0.1, 0.15) is 27.2 Å². The van der Waals surface area contributed by atoms with Crippen LogP contribution in [-0.4, -0.2) is 42.8 Å². The van der Waals surface area contributed by atoms with Gasteiger partial charge in [-0.3, -0.25) is 0 Å². The van der Waals surface area contributed by atoms with Crippen molar-refractivity contribution in [3.05, 3.63) is 23.2 Å². The first kappa shape index (κ1) is 16.7. The fraction of sp³-hybridized carbons (Fsp3) is 0.562. The molecule has 0 radical (unpaired) electrons. The Balaban J connectivity index is 2.05. The maximum Gasteiger partial charge on any atom is 0.410 e. The molecule has 22 heavy (non-hydrogen) atoms. The molecule has 1 aliphatic rings. The van der Waals surface area contributed by atoms with Crippen LogP contribution < -0.4 is 10.6 Å². The molecule has 1 aromatic carbocycles. The van der Waals surface area contributed by atoms with E-state index in [0.717, 1.165) is 18.7 Å². The second-order valence-electron chi connectivity index (χ2n) is 6.49. The first-order valence-electron chi connectivity index (χ1n) is 7.55. The summed E-state index contributed by atoms with van der Waals surface area (Å²) < 4.78 is 5.44. The summed E-state index contributed by atoms with van der Waals surface area (Å²) in [7, 11) is 0. The lowest BCUT2D eigenvalue weighted by molar-refractivity contribution is 0.0263. The number of hydrogen-bond donors (Lipinski definition) is 1. The van der Waals surface area contributed by atoms with Gasteiger partial charge in [0.2, 0.25) is 0 Å². The predicted molar refractivity (Wildman–Crippen MR) is 90.5 cm³/mol. The SMILES string of the molecule is CC(C)(C)OC(=O)N1CCCN(c2c(N)cccc2Cl)CC1. The highest BCUT2D eigenvalue weighted by molar-refractivity contribution is 6.34. The van der Waals surface area contributed by atoms with E-state index in [2.05, 4.69) is 4.90 Å². The van der Waals surface area contributed by atoms with Crippen LogP contribution in [0.15, 0.2) is 18.2 Å². The molecule has 0 atom stereocenters. The summed E-state index contributed by atoms with van der Waals surface area (Å²) in [5, 5.41) is 0.644. The monoisotopic (exact) mass is 325 g/mol. The highest BCUT2D eigenvalue weighted by atomic mass is 35.5. The standard InChI is InChI=1S/C16H24ClN3O2/c1-16(2,3)22-15(21)20-9-5-8-19(10-11-20)14-12(17)6-4-7-13(14)18/h4,6-7H,5,8-11,18H2,1-3H3. The molecule has 0 aliphatic carbocycles. The van der Waals surface area contributed by atoms with Gasteiger partial charge in [0.1, 0.15) is 5.60 Å². The van der Waals surface area contributed by atoms with Crippen LogP contribution in [0.5, 0.6) is 0 Å². The number of carbonyl (C=O) groups is 1. The van der Waals surface area contributed by atoms with Crippen molar-refractivity contribution in [3.63, 3.8) is 0 Å². The lowest BCUT2D eigenvalue weighted by Crippen LogP contribution is -2.39. The smallest absolute Gasteiger partial charge is 0.410 e. The van der Waals surface area contributed by atoms with Crippen LogP contribution in [0, 0.1) is 0 Å². The van der Waals surface area contributed by atoms with Gasteiger partial charge in [-0.05, 0) is 39.3 Å². The van der Waals surface area contributed by atoms with Crippen molar-refractivity contribution < 1.29 is 9.53 Å². The van der Waals surface area contributed by atoms with Crippen LogP contribution in [0.3, 0.4) is 0 Å². The van der Waals surface area contributed by atoms with Gasteiger partial charge in [0.15, 0.2) is 0 Å². The molecule has 1 aliphatic heterocycles. The van der Waals surface area contributed by atoms with Crippen LogP contribution in [0.25, 0.3) is 0 Å². The maximum atomic E-state index is 12.2. The van der Waals surface area contributed by atoms with E-state index in [-0.39, 0.29) is 6.09 Å². The molecule has 0 spiro atoms. The second kappa shape index (κ2) is 6.65. The number of amides is 1. The van der Waals surface area contributed by atoms with E-state index in [1.54, 1.807) is 4.90 Å². The quantitative estimate of drug-likeness (QED) is 0.804. The number of para-hydroxylation sites is 1. The van der Waals surface area contributed by atoms with E-state index < -0.39 is 5.60 Å². The Kier molecular flexibility index (Phi) is 5.06. The van der Waals surface area contributed by atoms with Gasteiger partial charge in [-0.1, -0.05) is 17.7 Å². The van der Waals surface area contributed by atoms with Crippen molar-refractivity contribution >= 4 is 29.1 Å². The predicted octanol–water partition coefficient (Wildman–Crippen LogP) is 3.37. The molecule has 1 amide bonds. The van der Waals surface area contributed by atoms with E-state index in [1.807, 2.05) is 39.0 Å². The minimum absolute atomic E-state index is 0.263. The van der Waals surface area contributed by atoms with Crippen molar-refractivity contribution in [1.82, 2.24) is 4.90 Å². The number of nitrogens with zero attached hydrogens (tertiary/aromatic N) is 2. The Hall–Kier alpha value is -1.62. The number of halogens is 1. The number of nitrogen functional groups attached to an aromatic ring is 1. The molecule has 0 unspecified atom stereocenters. The maximum absolute atomic E-state index is 12.2. The summed E-state index contributed by atoms with van der Waals surface area (Å²) in [6.07, 6.45) is 0.589. The summed E-state index contributed by atoms with van der Waals surface area (Å²) in [5.41, 5.74) is 7.10. The van der Waals surface area contributed by atoms with Crippen molar-refractivity contribution in [2.24, 2.45) is 0 Å². The van der Waals surface area contributed by atoms with Crippen LogP contribution in [0.4, 0.5) is 16.2 Å². The van der Waals surface area contributed by atoms with Gasteiger partial charge in [0.05, 0.1) is 16.4 Å². The van der Waals surface area contributed by atoms with Crippen molar-refractivity contribution in [3.8, 4) is 0 Å². The average Bonchev–Trinajstić information content (AvgIpc) is 2.62. The number of ether oxygens (including phenoxy) is 1. The highest BCUT2D eigenvalue weighted by Crippen LogP contribution is 2.32. The first-order valence-corrected chi connectivity index (χ1v) is 7.92. The molecule has 1 aromatic rings. The molecule has 1 heterocycles. The molecule has 2 rings (SSSR count). The second-order valence-corrected chi connectivity index (χ2v) is 6.89. The number of benzene rings is 1. The van der Waals surface area contributed by atoms with Crippen LogP contribution in [-0.2, 0) is 4.74 Å². The van der Waals surface area contributed by atoms with Gasteiger partial charge in [-0.2, -0.15) is 0 Å². The normalized spacial score (nSPS) is 16.4. The molecule has 0 bridgehead atoms. The largest absolute Gasteiger partial charge is 0.444 e. The number of rotatable bonds is 1. The lowest BCUT2D eigenvalue weighted by Gasteiger charge is -2.27. The van der Waals surface area contributed by atoms with E-state index in [1.165, 1.54) is 0 Å². The van der Waals surface area contributed by atoms with Gasteiger partial charge >= 0.3 is 6.09 Å². The van der Waals surface area contributed by atoms with E-state index in [0.29, 0.717) is 30.3 Å². The molecule has 1 saturated heterocycles. The zero-order chi connectivity index (χ0) is 16.3. The fourth-order valence-corrected chi connectivity index (χ4v) is 2.82. The van der Waals surface area contributed by atoms with Crippen molar-refractivity contribution in [2.75, 3.05) is 36.8 Å². The van der Waals surface area contributed by atoms with E-state index in [4.69, 9.17) is 22.1 Å². The molecule has 5 nitrogen and oxygen atoms in total. The number of anilines is 2. The van der Waals surface area contributed by atoms with Gasteiger partial charge in [-0.25, -0.2) is 4.79 Å². The molecule has 0 aromatic heterocycles. The number of nitrogens with two attached hydrogens (primary N) is 1. The molecule has 122 valence electrons. The Morgan fingerprint density at radius 2 is 1.95 bits per heavy atom. The average molecular weight is 326 g/mol. The lowest BCUT2D eigenvalue weighted by atomic mass is 10.2. The minimum Gasteiger partial charge on any atom is -0.444 e. The van der Waals surface area contributed by atoms with E-state index >= 15 is 0 Å². The zero-order valence-electron chi connectivity index (χ0n) is 13.4. The summed E-state index contributed by atoms with van der Waals surface area (Å²) in [4.78, 5) is 16.1. The van der Waals surface area contributed by atoms with Crippen LogP contribution in [0.2, 0.25) is 5.02 Å². The molecular formula is C16H24ClN3O2. The number of hydrogen-bond acceptors (Lipinski definition) is 4. The molecular weight excluding hydrogens is 302 g/mol. The zero-order valence-corrected chi connectivity index (χ0v) is 14.2. The summed E-state index contributed by atoms with van der Waals surface area (Å²) >= 11 is 6.28. The third-order valence-electron chi connectivity index (χ3n) is 3.48. The van der Waals surface area contributed by atoms with Gasteiger partial charge in [0, 0.05) is 26.2 Å². The first-order chi connectivity index (χ1) is 10.3. The third kappa shape index (κ3) is 4.19. The Morgan fingerprint density at radius 1 is 1.23 bits per heavy atom. The summed E-state index contributed by atoms with van der Waals surface area (Å²) in [6, 6.07) is 5.52. The molecule has 6 heteroatoms. The molecule has 0 saturated carbocycles. The van der Waals surface area contributed by atoms with Crippen LogP contribution >= 0.6 is 11.6 Å². The number of carbonyl (C=O) groups excluding carboxylic acids is 1. The highest BCUT2D eigenvalue weighted by Gasteiger charge is 2.25. The van der Waals surface area contributed by atoms with Gasteiger partial charge in [0.25, 0.3) is 0 Å². The van der Waals surface area contributed by atoms with Gasteiger partial charge in [-0.15, -0.1) is 0 Å². The Morgan fingerprint density at radius 3 is 2.59 bits per heavy atom. The fourth-order valence-electron chi connectivity index (χ4n) is 2.52.